The van der Waals surface area contributed by atoms with E-state index in [9.17, 15) is 14.4 Å². The van der Waals surface area contributed by atoms with Crippen molar-refractivity contribution in [3.8, 4) is 0 Å². The van der Waals surface area contributed by atoms with Gasteiger partial charge in [0.15, 0.2) is 0 Å². The number of carbonyl (C=O) groups excluding carboxylic acids is 3. The highest BCUT2D eigenvalue weighted by molar-refractivity contribution is 6.33. The number of benzene rings is 2. The Morgan fingerprint density at radius 3 is 2.66 bits per heavy atom. The van der Waals surface area contributed by atoms with E-state index in [1.54, 1.807) is 53.4 Å². The van der Waals surface area contributed by atoms with Crippen molar-refractivity contribution < 1.29 is 19.1 Å². The SMILES string of the molecule is COC(=O)c1cccc(C(=O)N2CCC[C@@H](CNC(=O)c3ccccc3Cl)C2)c1. The van der Waals surface area contributed by atoms with E-state index in [0.717, 1.165) is 12.8 Å². The molecule has 1 aliphatic heterocycles. The van der Waals surface area contributed by atoms with Crippen LogP contribution in [0.25, 0.3) is 0 Å². The van der Waals surface area contributed by atoms with Gasteiger partial charge in [-0.25, -0.2) is 4.79 Å². The molecule has 0 aromatic heterocycles. The van der Waals surface area contributed by atoms with E-state index in [2.05, 4.69) is 5.32 Å². The molecule has 7 heteroatoms. The summed E-state index contributed by atoms with van der Waals surface area (Å²) in [4.78, 5) is 38.7. The monoisotopic (exact) mass is 414 g/mol. The molecule has 0 bridgehead atoms. The number of nitrogens with zero attached hydrogens (tertiary/aromatic N) is 1. The van der Waals surface area contributed by atoms with Crippen LogP contribution in [-0.2, 0) is 4.74 Å². The number of piperidine rings is 1. The molecule has 1 N–H and O–H groups in total. The molecule has 0 aliphatic carbocycles. The molecule has 2 amide bonds. The van der Waals surface area contributed by atoms with Crippen molar-refractivity contribution in [2.24, 2.45) is 5.92 Å². The van der Waals surface area contributed by atoms with Crippen LogP contribution in [0, 0.1) is 5.92 Å². The van der Waals surface area contributed by atoms with Crippen LogP contribution in [0.1, 0.15) is 43.9 Å². The number of nitrogens with one attached hydrogen (secondary N) is 1. The molecule has 0 radical (unpaired) electrons. The number of methoxy groups -OCH3 is 1. The quantitative estimate of drug-likeness (QED) is 0.761. The average molecular weight is 415 g/mol. The van der Waals surface area contributed by atoms with Gasteiger partial charge in [0, 0.05) is 25.2 Å². The zero-order chi connectivity index (χ0) is 20.8. The minimum absolute atomic E-state index is 0.127. The van der Waals surface area contributed by atoms with Crippen LogP contribution in [0.3, 0.4) is 0 Å². The predicted octanol–water partition coefficient (Wildman–Crippen LogP) is 3.41. The summed E-state index contributed by atoms with van der Waals surface area (Å²) >= 11 is 6.07. The first-order valence-corrected chi connectivity index (χ1v) is 9.87. The molecule has 1 aliphatic rings. The van der Waals surface area contributed by atoms with Gasteiger partial charge in [0.25, 0.3) is 11.8 Å². The van der Waals surface area contributed by atoms with Crippen molar-refractivity contribution in [3.63, 3.8) is 0 Å². The highest BCUT2D eigenvalue weighted by atomic mass is 35.5. The van der Waals surface area contributed by atoms with Gasteiger partial charge in [-0.2, -0.15) is 0 Å². The second kappa shape index (κ2) is 9.56. The summed E-state index contributed by atoms with van der Waals surface area (Å²) in [6, 6.07) is 13.4. The van der Waals surface area contributed by atoms with Crippen LogP contribution < -0.4 is 5.32 Å². The predicted molar refractivity (Wildman–Crippen MR) is 110 cm³/mol. The van der Waals surface area contributed by atoms with E-state index in [0.29, 0.717) is 41.3 Å². The third kappa shape index (κ3) is 5.15. The summed E-state index contributed by atoms with van der Waals surface area (Å²) in [6.07, 6.45) is 1.78. The van der Waals surface area contributed by atoms with Gasteiger partial charge >= 0.3 is 5.97 Å². The van der Waals surface area contributed by atoms with Crippen LogP contribution in [0.15, 0.2) is 48.5 Å². The fourth-order valence-electron chi connectivity index (χ4n) is 3.47. The van der Waals surface area contributed by atoms with E-state index in [1.807, 2.05) is 0 Å². The van der Waals surface area contributed by atoms with Crippen LogP contribution >= 0.6 is 11.6 Å². The van der Waals surface area contributed by atoms with E-state index >= 15 is 0 Å². The molecule has 2 aromatic carbocycles. The number of amides is 2. The van der Waals surface area contributed by atoms with Gasteiger partial charge in [0.05, 0.1) is 23.3 Å². The maximum Gasteiger partial charge on any atom is 0.337 e. The normalized spacial score (nSPS) is 16.2. The maximum atomic E-state index is 12.9. The Morgan fingerprint density at radius 1 is 1.14 bits per heavy atom. The zero-order valence-corrected chi connectivity index (χ0v) is 16.9. The zero-order valence-electron chi connectivity index (χ0n) is 16.2. The molecular weight excluding hydrogens is 392 g/mol. The van der Waals surface area contributed by atoms with Gasteiger partial charge in [0.1, 0.15) is 0 Å². The minimum Gasteiger partial charge on any atom is -0.465 e. The smallest absolute Gasteiger partial charge is 0.337 e. The first-order chi connectivity index (χ1) is 14.0. The van der Waals surface area contributed by atoms with Gasteiger partial charge < -0.3 is 15.0 Å². The number of esters is 1. The Balaban J connectivity index is 1.60. The van der Waals surface area contributed by atoms with Gasteiger partial charge in [-0.05, 0) is 49.1 Å². The summed E-state index contributed by atoms with van der Waals surface area (Å²) in [6.45, 7) is 1.66. The number of likely N-dealkylation sites (tertiary alicyclic amines) is 1. The van der Waals surface area contributed by atoms with Gasteiger partial charge in [-0.1, -0.05) is 29.8 Å². The van der Waals surface area contributed by atoms with E-state index < -0.39 is 5.97 Å². The number of hydrogen-bond donors (Lipinski definition) is 1. The topological polar surface area (TPSA) is 75.7 Å². The molecule has 1 heterocycles. The third-order valence-electron chi connectivity index (χ3n) is 5.01. The molecule has 152 valence electrons. The molecule has 3 rings (SSSR count). The number of rotatable bonds is 5. The number of ether oxygens (including phenoxy) is 1. The van der Waals surface area contributed by atoms with Crippen molar-refractivity contribution in [2.45, 2.75) is 12.8 Å². The van der Waals surface area contributed by atoms with E-state index in [1.165, 1.54) is 7.11 Å². The Kier molecular flexibility index (Phi) is 6.88. The van der Waals surface area contributed by atoms with Crippen LogP contribution in [0.5, 0.6) is 0 Å². The molecule has 29 heavy (non-hydrogen) atoms. The molecule has 6 nitrogen and oxygen atoms in total. The molecule has 0 spiro atoms. The molecule has 1 saturated heterocycles. The summed E-state index contributed by atoms with van der Waals surface area (Å²) in [5.41, 5.74) is 1.24. The van der Waals surface area contributed by atoms with E-state index in [-0.39, 0.29) is 17.7 Å². The van der Waals surface area contributed by atoms with Crippen molar-refractivity contribution in [2.75, 3.05) is 26.7 Å². The highest BCUT2D eigenvalue weighted by Gasteiger charge is 2.25. The lowest BCUT2D eigenvalue weighted by Crippen LogP contribution is -2.43. The third-order valence-corrected chi connectivity index (χ3v) is 5.34. The molecular formula is C22H23ClN2O4. The Hall–Kier alpha value is -2.86. The summed E-state index contributed by atoms with van der Waals surface area (Å²) < 4.78 is 4.72. The second-order valence-electron chi connectivity index (χ2n) is 7.02. The molecule has 0 unspecified atom stereocenters. The lowest BCUT2D eigenvalue weighted by Gasteiger charge is -2.33. The van der Waals surface area contributed by atoms with Gasteiger partial charge in [-0.3, -0.25) is 9.59 Å². The number of halogens is 1. The second-order valence-corrected chi connectivity index (χ2v) is 7.43. The highest BCUT2D eigenvalue weighted by Crippen LogP contribution is 2.20. The first kappa shape index (κ1) is 20.9. The van der Waals surface area contributed by atoms with Crippen LogP contribution in [0.2, 0.25) is 5.02 Å². The summed E-state index contributed by atoms with van der Waals surface area (Å²) in [7, 11) is 1.31. The Bertz CT molecular complexity index is 915. The van der Waals surface area contributed by atoms with Gasteiger partial charge in [0.2, 0.25) is 0 Å². The van der Waals surface area contributed by atoms with Crippen molar-refractivity contribution >= 4 is 29.4 Å². The largest absolute Gasteiger partial charge is 0.465 e. The maximum absolute atomic E-state index is 12.9. The van der Waals surface area contributed by atoms with Crippen LogP contribution in [-0.4, -0.2) is 49.4 Å². The Morgan fingerprint density at radius 2 is 1.90 bits per heavy atom. The Labute approximate surface area is 174 Å². The van der Waals surface area contributed by atoms with Crippen LogP contribution in [0.4, 0.5) is 0 Å². The molecule has 1 atom stereocenters. The first-order valence-electron chi connectivity index (χ1n) is 9.50. The number of carbonyl (C=O) groups is 3. The van der Waals surface area contributed by atoms with E-state index in [4.69, 9.17) is 16.3 Å². The lowest BCUT2D eigenvalue weighted by atomic mass is 9.97. The average Bonchev–Trinajstić information content (AvgIpc) is 2.77. The van der Waals surface area contributed by atoms with Crippen molar-refractivity contribution in [1.82, 2.24) is 10.2 Å². The lowest BCUT2D eigenvalue weighted by molar-refractivity contribution is 0.0600. The fourth-order valence-corrected chi connectivity index (χ4v) is 3.69. The van der Waals surface area contributed by atoms with Gasteiger partial charge in [-0.15, -0.1) is 0 Å². The minimum atomic E-state index is -0.474. The molecule has 1 fully saturated rings. The standard InChI is InChI=1S/C22H23ClN2O4/c1-29-22(28)17-8-4-7-16(12-17)21(27)25-11-5-6-15(14-25)13-24-20(26)18-9-2-3-10-19(18)23/h2-4,7-10,12,15H,5-6,11,13-14H2,1H3,(H,24,26)/t15-/m0/s1. The fraction of sp³-hybridized carbons (Fsp3) is 0.318. The molecule has 0 saturated carbocycles. The van der Waals surface area contributed by atoms with Crippen molar-refractivity contribution in [3.05, 3.63) is 70.2 Å². The van der Waals surface area contributed by atoms with Crippen molar-refractivity contribution in [1.29, 1.82) is 0 Å². The number of hydrogen-bond acceptors (Lipinski definition) is 4. The molecule has 2 aromatic rings. The summed E-state index contributed by atoms with van der Waals surface area (Å²) in [5, 5.41) is 3.33. The summed E-state index contributed by atoms with van der Waals surface area (Å²) in [5.74, 6) is -0.663.